The zero-order chi connectivity index (χ0) is 15.8. The molecule has 0 aliphatic rings. The normalized spacial score (nSPS) is 12.8. The summed E-state index contributed by atoms with van der Waals surface area (Å²) in [6.07, 6.45) is 0. The van der Waals surface area contributed by atoms with Crippen molar-refractivity contribution in [3.8, 4) is 0 Å². The monoisotopic (exact) mass is 414 g/mol. The molecule has 0 radical (unpaired) electrons. The Bertz CT molecular complexity index is 750. The van der Waals surface area contributed by atoms with Crippen LogP contribution in [0.4, 0.5) is 0 Å². The fourth-order valence-electron chi connectivity index (χ4n) is 2.10. The zero-order valence-electron chi connectivity index (χ0n) is 12.9. The van der Waals surface area contributed by atoms with Crippen molar-refractivity contribution in [2.45, 2.75) is 33.1 Å². The molecule has 112 valence electrons. The zero-order valence-corrected chi connectivity index (χ0v) is 15.9. The van der Waals surface area contributed by atoms with Gasteiger partial charge in [0, 0.05) is 21.2 Å². The molecule has 0 N–H and O–H groups in total. The Kier molecular flexibility index (Phi) is 4.72. The molecule has 2 rings (SSSR count). The fraction of sp³-hybridized carbons (Fsp3) is 0.375. The Morgan fingerprint density at radius 1 is 1.29 bits per heavy atom. The Morgan fingerprint density at radius 2 is 1.90 bits per heavy atom. The lowest BCUT2D eigenvalue weighted by Gasteiger charge is -2.17. The number of thiazole rings is 1. The summed E-state index contributed by atoms with van der Waals surface area (Å²) in [4.78, 5) is 18.7. The van der Waals surface area contributed by atoms with E-state index in [-0.39, 0.29) is 11.3 Å². The summed E-state index contributed by atoms with van der Waals surface area (Å²) < 4.78 is 2.93. The molecule has 21 heavy (non-hydrogen) atoms. The average Bonchev–Trinajstić information content (AvgIpc) is 2.67. The van der Waals surface area contributed by atoms with Crippen LogP contribution in [0.2, 0.25) is 0 Å². The first-order valence-electron chi connectivity index (χ1n) is 6.72. The third-order valence-electron chi connectivity index (χ3n) is 3.29. The van der Waals surface area contributed by atoms with Crippen molar-refractivity contribution in [3.05, 3.63) is 48.8 Å². The predicted octanol–water partition coefficient (Wildman–Crippen LogP) is 4.04. The van der Waals surface area contributed by atoms with Crippen LogP contribution in [0.3, 0.4) is 0 Å². The lowest BCUT2D eigenvalue weighted by atomic mass is 9.93. The van der Waals surface area contributed by atoms with Crippen LogP contribution >= 0.6 is 33.9 Å². The second-order valence-electron chi connectivity index (χ2n) is 6.00. The molecule has 3 nitrogen and oxygen atoms in total. The van der Waals surface area contributed by atoms with Crippen molar-refractivity contribution in [1.29, 1.82) is 0 Å². The van der Waals surface area contributed by atoms with E-state index in [1.54, 1.807) is 11.3 Å². The van der Waals surface area contributed by atoms with Gasteiger partial charge in [0.25, 0.3) is 5.91 Å². The minimum absolute atomic E-state index is 0.0600. The van der Waals surface area contributed by atoms with E-state index in [0.29, 0.717) is 5.56 Å². The summed E-state index contributed by atoms with van der Waals surface area (Å²) in [5.74, 6) is -0.183. The maximum atomic E-state index is 12.4. The summed E-state index contributed by atoms with van der Waals surface area (Å²) in [5.41, 5.74) is 1.88. The highest BCUT2D eigenvalue weighted by Gasteiger charge is 2.21. The highest BCUT2D eigenvalue weighted by Crippen LogP contribution is 2.27. The van der Waals surface area contributed by atoms with E-state index in [0.717, 1.165) is 8.37 Å². The van der Waals surface area contributed by atoms with Crippen molar-refractivity contribution in [2.75, 3.05) is 0 Å². The van der Waals surface area contributed by atoms with Crippen LogP contribution in [0.25, 0.3) is 0 Å². The predicted molar refractivity (Wildman–Crippen MR) is 95.8 cm³/mol. The van der Waals surface area contributed by atoms with E-state index in [4.69, 9.17) is 0 Å². The van der Waals surface area contributed by atoms with Crippen LogP contribution in [0.5, 0.6) is 0 Å². The number of carbonyl (C=O) groups is 1. The Balaban J connectivity index is 2.53. The number of halogens is 1. The Labute approximate surface area is 142 Å². The first kappa shape index (κ1) is 16.4. The first-order valence-corrected chi connectivity index (χ1v) is 8.62. The Hall–Kier alpha value is -0.950. The van der Waals surface area contributed by atoms with Crippen LogP contribution in [0, 0.1) is 10.5 Å². The number of aromatic nitrogens is 1. The van der Waals surface area contributed by atoms with Gasteiger partial charge in [-0.15, -0.1) is 11.3 Å². The first-order chi connectivity index (χ1) is 9.71. The molecule has 1 aromatic heterocycles. The smallest absolute Gasteiger partial charge is 0.280 e. The highest BCUT2D eigenvalue weighted by atomic mass is 127. The van der Waals surface area contributed by atoms with Crippen LogP contribution in [0.15, 0.2) is 29.3 Å². The number of rotatable bonds is 1. The van der Waals surface area contributed by atoms with Crippen molar-refractivity contribution >= 4 is 39.8 Å². The molecule has 0 aliphatic carbocycles. The number of carbonyl (C=O) groups excluding carboxylic acids is 1. The summed E-state index contributed by atoms with van der Waals surface area (Å²) in [5, 5.41) is 0. The average molecular weight is 414 g/mol. The third kappa shape index (κ3) is 3.45. The minimum Gasteiger partial charge on any atom is -0.324 e. The van der Waals surface area contributed by atoms with Gasteiger partial charge in [-0.25, -0.2) is 0 Å². The molecular weight excluding hydrogens is 395 g/mol. The van der Waals surface area contributed by atoms with E-state index >= 15 is 0 Å². The lowest BCUT2D eigenvalue weighted by molar-refractivity contribution is 0.0997. The van der Waals surface area contributed by atoms with Gasteiger partial charge in [-0.2, -0.15) is 4.99 Å². The quantitative estimate of drug-likeness (QED) is 0.649. The SMILES string of the molecule is Cc1c(C(C)(C)C)sc(=NC(=O)c2ccccc2I)n1C. The number of benzene rings is 1. The van der Waals surface area contributed by atoms with E-state index in [1.165, 1.54) is 10.6 Å². The summed E-state index contributed by atoms with van der Waals surface area (Å²) in [6, 6.07) is 7.53. The van der Waals surface area contributed by atoms with E-state index in [1.807, 2.05) is 35.9 Å². The van der Waals surface area contributed by atoms with Gasteiger partial charge < -0.3 is 4.57 Å². The molecule has 0 saturated heterocycles. The molecule has 5 heteroatoms. The van der Waals surface area contributed by atoms with Crippen molar-refractivity contribution in [2.24, 2.45) is 12.0 Å². The molecule has 1 amide bonds. The number of hydrogen-bond acceptors (Lipinski definition) is 2. The lowest BCUT2D eigenvalue weighted by Crippen LogP contribution is -2.15. The molecule has 0 aliphatic heterocycles. The van der Waals surface area contributed by atoms with Gasteiger partial charge >= 0.3 is 0 Å². The molecule has 1 heterocycles. The molecule has 0 spiro atoms. The molecule has 0 saturated carbocycles. The molecular formula is C16H19IN2OS. The largest absolute Gasteiger partial charge is 0.324 e. The van der Waals surface area contributed by atoms with Gasteiger partial charge in [-0.1, -0.05) is 32.9 Å². The van der Waals surface area contributed by atoms with Crippen molar-refractivity contribution in [1.82, 2.24) is 4.57 Å². The second kappa shape index (κ2) is 6.04. The van der Waals surface area contributed by atoms with Gasteiger partial charge in [0.1, 0.15) is 0 Å². The van der Waals surface area contributed by atoms with Crippen LogP contribution < -0.4 is 4.80 Å². The van der Waals surface area contributed by atoms with Gasteiger partial charge in [-0.05, 0) is 47.1 Å². The number of amides is 1. The van der Waals surface area contributed by atoms with Gasteiger partial charge in [-0.3, -0.25) is 4.79 Å². The molecule has 0 atom stereocenters. The highest BCUT2D eigenvalue weighted by molar-refractivity contribution is 14.1. The molecule has 0 bridgehead atoms. The van der Waals surface area contributed by atoms with Crippen LogP contribution in [0.1, 0.15) is 41.7 Å². The van der Waals surface area contributed by atoms with Crippen molar-refractivity contribution < 1.29 is 4.79 Å². The summed E-state index contributed by atoms with van der Waals surface area (Å²) in [7, 11) is 1.96. The van der Waals surface area contributed by atoms with Crippen molar-refractivity contribution in [3.63, 3.8) is 0 Å². The van der Waals surface area contributed by atoms with E-state index in [2.05, 4.69) is 55.3 Å². The molecule has 1 aromatic carbocycles. The fourth-order valence-corrected chi connectivity index (χ4v) is 3.90. The molecule has 2 aromatic rings. The molecule has 0 unspecified atom stereocenters. The van der Waals surface area contributed by atoms with E-state index in [9.17, 15) is 4.79 Å². The Morgan fingerprint density at radius 3 is 2.43 bits per heavy atom. The van der Waals surface area contributed by atoms with Crippen LogP contribution in [-0.4, -0.2) is 10.5 Å². The number of hydrogen-bond donors (Lipinski definition) is 0. The maximum absolute atomic E-state index is 12.4. The van der Waals surface area contributed by atoms with Gasteiger partial charge in [0.2, 0.25) is 0 Å². The standard InChI is InChI=1S/C16H19IN2OS/c1-10-13(16(2,3)4)21-15(19(10)5)18-14(20)11-8-6-7-9-12(11)17/h6-9H,1-5H3. The number of nitrogens with zero attached hydrogens (tertiary/aromatic N) is 2. The maximum Gasteiger partial charge on any atom is 0.280 e. The second-order valence-corrected chi connectivity index (χ2v) is 8.14. The third-order valence-corrected chi connectivity index (χ3v) is 5.89. The summed E-state index contributed by atoms with van der Waals surface area (Å²) in [6.45, 7) is 8.61. The topological polar surface area (TPSA) is 34.4 Å². The minimum atomic E-state index is -0.183. The van der Waals surface area contributed by atoms with Crippen LogP contribution in [-0.2, 0) is 12.5 Å². The van der Waals surface area contributed by atoms with Gasteiger partial charge in [0.15, 0.2) is 4.80 Å². The van der Waals surface area contributed by atoms with E-state index < -0.39 is 0 Å². The summed E-state index contributed by atoms with van der Waals surface area (Å²) >= 11 is 3.76. The molecule has 0 fully saturated rings. The van der Waals surface area contributed by atoms with Gasteiger partial charge in [0.05, 0.1) is 5.56 Å².